The molecule has 0 radical (unpaired) electrons. The molecule has 0 saturated carbocycles. The molecular weight excluding hydrogens is 268 g/mol. The number of aryl methyl sites for hydroxylation is 2. The van der Waals surface area contributed by atoms with Crippen molar-refractivity contribution < 1.29 is 13.5 Å². The standard InChI is InChI=1S/C14H15F2NOS/c1-9-14(11-6-5-10(15)8-12(11)16)17-13(19-9)4-3-7-18-2/h5-6,8H,3-4,7H2,1-2H3. The Morgan fingerprint density at radius 1 is 1.32 bits per heavy atom. The summed E-state index contributed by atoms with van der Waals surface area (Å²) in [5, 5.41) is 0.952. The summed E-state index contributed by atoms with van der Waals surface area (Å²) in [4.78, 5) is 5.39. The van der Waals surface area contributed by atoms with Gasteiger partial charge in [-0.2, -0.15) is 0 Å². The average Bonchev–Trinajstić information content (AvgIpc) is 2.71. The Morgan fingerprint density at radius 2 is 2.11 bits per heavy atom. The van der Waals surface area contributed by atoms with Gasteiger partial charge in [0.2, 0.25) is 0 Å². The molecule has 0 atom stereocenters. The van der Waals surface area contributed by atoms with Crippen LogP contribution in [0.3, 0.4) is 0 Å². The predicted octanol–water partition coefficient (Wildman–Crippen LogP) is 3.98. The number of nitrogens with zero attached hydrogens (tertiary/aromatic N) is 1. The lowest BCUT2D eigenvalue weighted by Crippen LogP contribution is -1.92. The van der Waals surface area contributed by atoms with Crippen LogP contribution in [-0.2, 0) is 11.2 Å². The molecule has 0 saturated heterocycles. The Hall–Kier alpha value is -1.33. The summed E-state index contributed by atoms with van der Waals surface area (Å²) < 4.78 is 31.6. The zero-order chi connectivity index (χ0) is 13.8. The molecule has 0 bridgehead atoms. The summed E-state index contributed by atoms with van der Waals surface area (Å²) in [6.07, 6.45) is 1.69. The van der Waals surface area contributed by atoms with Crippen molar-refractivity contribution >= 4 is 11.3 Å². The minimum Gasteiger partial charge on any atom is -0.385 e. The zero-order valence-electron chi connectivity index (χ0n) is 10.9. The van der Waals surface area contributed by atoms with E-state index in [-0.39, 0.29) is 0 Å². The minimum absolute atomic E-state index is 0.355. The van der Waals surface area contributed by atoms with Crippen molar-refractivity contribution in [2.75, 3.05) is 13.7 Å². The molecule has 0 amide bonds. The third kappa shape index (κ3) is 3.36. The normalized spacial score (nSPS) is 10.9. The molecule has 0 aliphatic heterocycles. The molecule has 102 valence electrons. The van der Waals surface area contributed by atoms with Gasteiger partial charge in [-0.15, -0.1) is 11.3 Å². The molecule has 5 heteroatoms. The highest BCUT2D eigenvalue weighted by atomic mass is 32.1. The van der Waals surface area contributed by atoms with Crippen LogP contribution >= 0.6 is 11.3 Å². The van der Waals surface area contributed by atoms with Crippen molar-refractivity contribution in [3.05, 3.63) is 39.7 Å². The monoisotopic (exact) mass is 283 g/mol. The number of hydrogen-bond acceptors (Lipinski definition) is 3. The van der Waals surface area contributed by atoms with Crippen molar-refractivity contribution in [3.8, 4) is 11.3 Å². The fraction of sp³-hybridized carbons (Fsp3) is 0.357. The minimum atomic E-state index is -0.575. The fourth-order valence-electron chi connectivity index (χ4n) is 1.86. The molecule has 2 nitrogen and oxygen atoms in total. The third-order valence-corrected chi connectivity index (χ3v) is 3.80. The second-order valence-corrected chi connectivity index (χ2v) is 5.52. The average molecular weight is 283 g/mol. The van der Waals surface area contributed by atoms with Crippen LogP contribution in [0.25, 0.3) is 11.3 Å². The maximum Gasteiger partial charge on any atom is 0.135 e. The van der Waals surface area contributed by atoms with Crippen molar-refractivity contribution in [2.45, 2.75) is 19.8 Å². The fourth-order valence-corrected chi connectivity index (χ4v) is 2.85. The van der Waals surface area contributed by atoms with Crippen molar-refractivity contribution in [1.82, 2.24) is 4.98 Å². The van der Waals surface area contributed by atoms with Crippen LogP contribution in [-0.4, -0.2) is 18.7 Å². The van der Waals surface area contributed by atoms with E-state index in [1.165, 1.54) is 12.1 Å². The molecular formula is C14H15F2NOS. The molecule has 0 spiro atoms. The summed E-state index contributed by atoms with van der Waals surface area (Å²) in [6, 6.07) is 3.58. The van der Waals surface area contributed by atoms with Gasteiger partial charge in [0.25, 0.3) is 0 Å². The van der Waals surface area contributed by atoms with E-state index in [0.29, 0.717) is 17.9 Å². The van der Waals surface area contributed by atoms with E-state index in [1.54, 1.807) is 18.4 Å². The maximum atomic E-state index is 13.7. The molecule has 1 aromatic carbocycles. The molecule has 2 rings (SSSR count). The second-order valence-electron chi connectivity index (χ2n) is 4.23. The molecule has 0 N–H and O–H groups in total. The second kappa shape index (κ2) is 6.21. The first-order valence-electron chi connectivity index (χ1n) is 6.02. The van der Waals surface area contributed by atoms with Crippen molar-refractivity contribution in [3.63, 3.8) is 0 Å². The molecule has 1 heterocycles. The van der Waals surface area contributed by atoms with E-state index >= 15 is 0 Å². The van der Waals surface area contributed by atoms with E-state index in [2.05, 4.69) is 4.98 Å². The first-order chi connectivity index (χ1) is 9.11. The Bertz CT molecular complexity index is 569. The SMILES string of the molecule is COCCCc1nc(-c2ccc(F)cc2F)c(C)s1. The van der Waals surface area contributed by atoms with Crippen molar-refractivity contribution in [1.29, 1.82) is 0 Å². The number of hydrogen-bond donors (Lipinski definition) is 0. The Labute approximate surface area is 115 Å². The molecule has 0 unspecified atom stereocenters. The van der Waals surface area contributed by atoms with Gasteiger partial charge >= 0.3 is 0 Å². The Balaban J connectivity index is 2.24. The summed E-state index contributed by atoms with van der Waals surface area (Å²) in [5.41, 5.74) is 0.961. The highest BCUT2D eigenvalue weighted by molar-refractivity contribution is 7.12. The Kier molecular flexibility index (Phi) is 4.61. The lowest BCUT2D eigenvalue weighted by molar-refractivity contribution is 0.195. The number of ether oxygens (including phenoxy) is 1. The molecule has 19 heavy (non-hydrogen) atoms. The van der Waals surface area contributed by atoms with Gasteiger partial charge in [0.1, 0.15) is 11.6 Å². The maximum absolute atomic E-state index is 13.7. The third-order valence-electron chi connectivity index (χ3n) is 2.77. The van der Waals surface area contributed by atoms with E-state index in [1.807, 2.05) is 6.92 Å². The van der Waals surface area contributed by atoms with Crippen LogP contribution in [0.1, 0.15) is 16.3 Å². The van der Waals surface area contributed by atoms with Gasteiger partial charge in [0.05, 0.1) is 10.7 Å². The first-order valence-corrected chi connectivity index (χ1v) is 6.84. The number of methoxy groups -OCH3 is 1. The molecule has 0 fully saturated rings. The van der Waals surface area contributed by atoms with E-state index < -0.39 is 11.6 Å². The van der Waals surface area contributed by atoms with Crippen LogP contribution in [0.5, 0.6) is 0 Å². The van der Waals surface area contributed by atoms with Gasteiger partial charge in [0.15, 0.2) is 0 Å². The van der Waals surface area contributed by atoms with Crippen LogP contribution in [0.15, 0.2) is 18.2 Å². The summed E-state index contributed by atoms with van der Waals surface area (Å²) in [7, 11) is 1.66. The smallest absolute Gasteiger partial charge is 0.135 e. The van der Waals surface area contributed by atoms with Crippen molar-refractivity contribution in [2.24, 2.45) is 0 Å². The van der Waals surface area contributed by atoms with E-state index in [4.69, 9.17) is 4.74 Å². The number of thiazole rings is 1. The van der Waals surface area contributed by atoms with Gasteiger partial charge in [-0.3, -0.25) is 0 Å². The van der Waals surface area contributed by atoms with Crippen LogP contribution in [0, 0.1) is 18.6 Å². The topological polar surface area (TPSA) is 22.1 Å². The van der Waals surface area contributed by atoms with Gasteiger partial charge in [-0.1, -0.05) is 0 Å². The van der Waals surface area contributed by atoms with Crippen LogP contribution in [0.2, 0.25) is 0 Å². The number of aromatic nitrogens is 1. The predicted molar refractivity (Wildman–Crippen MR) is 72.4 cm³/mol. The molecule has 0 aliphatic carbocycles. The molecule has 0 aliphatic rings. The number of benzene rings is 1. The van der Waals surface area contributed by atoms with Crippen LogP contribution in [0.4, 0.5) is 8.78 Å². The largest absolute Gasteiger partial charge is 0.385 e. The summed E-state index contributed by atoms with van der Waals surface area (Å²) in [5.74, 6) is -1.15. The van der Waals surface area contributed by atoms with Gasteiger partial charge in [-0.25, -0.2) is 13.8 Å². The van der Waals surface area contributed by atoms with Crippen LogP contribution < -0.4 is 0 Å². The summed E-state index contributed by atoms with van der Waals surface area (Å²) >= 11 is 1.55. The van der Waals surface area contributed by atoms with E-state index in [0.717, 1.165) is 28.8 Å². The molecule has 1 aromatic heterocycles. The zero-order valence-corrected chi connectivity index (χ0v) is 11.7. The number of rotatable bonds is 5. The summed E-state index contributed by atoms with van der Waals surface area (Å²) in [6.45, 7) is 2.58. The van der Waals surface area contributed by atoms with Gasteiger partial charge in [0, 0.05) is 36.6 Å². The van der Waals surface area contributed by atoms with Gasteiger partial charge in [-0.05, 0) is 25.5 Å². The number of halogens is 2. The van der Waals surface area contributed by atoms with E-state index in [9.17, 15) is 8.78 Å². The quantitative estimate of drug-likeness (QED) is 0.774. The Morgan fingerprint density at radius 3 is 2.79 bits per heavy atom. The first kappa shape index (κ1) is 14.1. The van der Waals surface area contributed by atoms with Gasteiger partial charge < -0.3 is 4.74 Å². The highest BCUT2D eigenvalue weighted by Crippen LogP contribution is 2.30. The highest BCUT2D eigenvalue weighted by Gasteiger charge is 2.14. The lowest BCUT2D eigenvalue weighted by Gasteiger charge is -2.01. The molecule has 2 aromatic rings. The lowest BCUT2D eigenvalue weighted by atomic mass is 10.1.